The molecule has 2 aromatic rings. The smallest absolute Gasteiger partial charge is 0.348 e. The fourth-order valence-electron chi connectivity index (χ4n) is 4.52. The molecule has 1 saturated heterocycles. The van der Waals surface area contributed by atoms with Crippen molar-refractivity contribution in [1.29, 1.82) is 0 Å². The van der Waals surface area contributed by atoms with Gasteiger partial charge in [-0.1, -0.05) is 29.8 Å². The third-order valence-electron chi connectivity index (χ3n) is 6.03. The van der Waals surface area contributed by atoms with Crippen molar-refractivity contribution >= 4 is 35.3 Å². The molecule has 6 heteroatoms. The molecule has 0 saturated carbocycles. The Hall–Kier alpha value is -1.66. The van der Waals surface area contributed by atoms with Gasteiger partial charge in [0.25, 0.3) is 0 Å². The maximum Gasteiger partial charge on any atom is 0.348 e. The van der Waals surface area contributed by atoms with Gasteiger partial charge in [-0.15, -0.1) is 23.7 Å². The van der Waals surface area contributed by atoms with Crippen LogP contribution in [0.1, 0.15) is 57.9 Å². The van der Waals surface area contributed by atoms with Gasteiger partial charge in [0, 0.05) is 31.1 Å². The minimum Gasteiger partial charge on any atom is -0.462 e. The first-order valence-corrected chi connectivity index (χ1v) is 11.9. The number of thiophene rings is 1. The van der Waals surface area contributed by atoms with Crippen molar-refractivity contribution in [3.05, 3.63) is 62.3 Å². The molecule has 0 N–H and O–H groups in total. The first-order chi connectivity index (χ1) is 14.7. The lowest BCUT2D eigenvalue weighted by Gasteiger charge is -2.30. The minimum absolute atomic E-state index is 0. The number of likely N-dealkylation sites (tertiary alicyclic amines) is 1. The molecule has 0 radical (unpaired) electrons. The van der Waals surface area contributed by atoms with E-state index in [0.29, 0.717) is 6.61 Å². The van der Waals surface area contributed by atoms with Crippen LogP contribution in [0.25, 0.3) is 5.57 Å². The van der Waals surface area contributed by atoms with Gasteiger partial charge in [-0.05, 0) is 67.9 Å². The van der Waals surface area contributed by atoms with Crippen LogP contribution in [-0.4, -0.2) is 50.3 Å². The van der Waals surface area contributed by atoms with Crippen LogP contribution in [0.5, 0.6) is 0 Å². The number of carbonyl (C=O) groups excluding carboxylic acids is 1. The minimum atomic E-state index is -0.195. The van der Waals surface area contributed by atoms with E-state index in [1.165, 1.54) is 32.7 Å². The van der Waals surface area contributed by atoms with Crippen LogP contribution in [0, 0.1) is 0 Å². The number of benzene rings is 1. The van der Waals surface area contributed by atoms with Crippen LogP contribution >= 0.6 is 23.7 Å². The quantitative estimate of drug-likeness (QED) is 0.427. The molecule has 0 atom stereocenters. The predicted molar refractivity (Wildman–Crippen MR) is 130 cm³/mol. The Bertz CT molecular complexity index is 927. The third kappa shape index (κ3) is 5.40. The summed E-state index contributed by atoms with van der Waals surface area (Å²) in [5.74, 6) is -0.195. The number of hydrogen-bond donors (Lipinski definition) is 0. The van der Waals surface area contributed by atoms with Crippen LogP contribution in [0.3, 0.4) is 0 Å². The zero-order valence-electron chi connectivity index (χ0n) is 18.4. The van der Waals surface area contributed by atoms with E-state index in [0.717, 1.165) is 63.4 Å². The summed E-state index contributed by atoms with van der Waals surface area (Å²) in [5.41, 5.74) is 6.91. The van der Waals surface area contributed by atoms with E-state index in [2.05, 4.69) is 35.2 Å². The summed E-state index contributed by atoms with van der Waals surface area (Å²) >= 11 is 1.61. The van der Waals surface area contributed by atoms with Gasteiger partial charge < -0.3 is 14.4 Å². The number of nitrogens with zero attached hydrogens (tertiary/aromatic N) is 1. The fourth-order valence-corrected chi connectivity index (χ4v) is 5.58. The van der Waals surface area contributed by atoms with Gasteiger partial charge in [-0.2, -0.15) is 0 Å². The Morgan fingerprint density at radius 2 is 1.81 bits per heavy atom. The lowest BCUT2D eigenvalue weighted by Crippen LogP contribution is -2.33. The zero-order chi connectivity index (χ0) is 20.9. The van der Waals surface area contributed by atoms with Crippen molar-refractivity contribution in [1.82, 2.24) is 4.90 Å². The summed E-state index contributed by atoms with van der Waals surface area (Å²) < 4.78 is 10.8. The van der Waals surface area contributed by atoms with Gasteiger partial charge in [-0.3, -0.25) is 0 Å². The van der Waals surface area contributed by atoms with E-state index in [4.69, 9.17) is 9.47 Å². The number of esters is 1. The molecular formula is C25H32ClNO3S. The molecule has 2 aliphatic rings. The monoisotopic (exact) mass is 461 g/mol. The van der Waals surface area contributed by atoms with Crippen molar-refractivity contribution in [2.75, 3.05) is 39.5 Å². The molecule has 1 aliphatic heterocycles. The summed E-state index contributed by atoms with van der Waals surface area (Å²) in [6.45, 7) is 9.05. The molecule has 0 spiro atoms. The van der Waals surface area contributed by atoms with Crippen LogP contribution in [0.2, 0.25) is 0 Å². The van der Waals surface area contributed by atoms with Crippen LogP contribution in [0.15, 0.2) is 35.9 Å². The number of piperidine rings is 1. The number of fused-ring (bicyclic) bond motifs is 2. The maximum absolute atomic E-state index is 12.4. The summed E-state index contributed by atoms with van der Waals surface area (Å²) in [6, 6.07) is 10.9. The third-order valence-corrected chi connectivity index (χ3v) is 7.21. The van der Waals surface area contributed by atoms with Gasteiger partial charge in [0.05, 0.1) is 13.2 Å². The van der Waals surface area contributed by atoms with Gasteiger partial charge in [0.2, 0.25) is 0 Å². The Balaban J connectivity index is 0.00000272. The maximum atomic E-state index is 12.4. The van der Waals surface area contributed by atoms with Gasteiger partial charge in [0.15, 0.2) is 0 Å². The number of rotatable bonds is 6. The van der Waals surface area contributed by atoms with E-state index in [9.17, 15) is 4.79 Å². The Morgan fingerprint density at radius 1 is 1.03 bits per heavy atom. The normalized spacial score (nSPS) is 16.2. The second-order valence-electron chi connectivity index (χ2n) is 7.84. The first kappa shape index (κ1) is 24.0. The summed E-state index contributed by atoms with van der Waals surface area (Å²) in [7, 11) is 0. The van der Waals surface area contributed by atoms with Crippen molar-refractivity contribution in [2.24, 2.45) is 0 Å². The molecule has 0 amide bonds. The van der Waals surface area contributed by atoms with E-state index in [1.54, 1.807) is 11.3 Å². The Labute approximate surface area is 195 Å². The van der Waals surface area contributed by atoms with Gasteiger partial charge in [-0.25, -0.2) is 4.79 Å². The number of aryl methyl sites for hydroxylation is 2. The van der Waals surface area contributed by atoms with E-state index < -0.39 is 0 Å². The van der Waals surface area contributed by atoms with E-state index in [-0.39, 0.29) is 18.4 Å². The topological polar surface area (TPSA) is 38.8 Å². The standard InChI is InChI=1S/C25H31NO3S.ClH/c1-3-28-16-15-26-13-11-19(12-14-26)24-20-8-6-5-7-18(20)9-10-22-21(24)17-23(30-22)25(27)29-4-2;/h5-8,17H,3-4,9-16H2,1-2H3;1H. The lowest BCUT2D eigenvalue weighted by atomic mass is 9.87. The molecular weight excluding hydrogens is 430 g/mol. The second kappa shape index (κ2) is 11.3. The van der Waals surface area contributed by atoms with Crippen molar-refractivity contribution in [3.8, 4) is 0 Å². The largest absolute Gasteiger partial charge is 0.462 e. The zero-order valence-corrected chi connectivity index (χ0v) is 20.1. The highest BCUT2D eigenvalue weighted by Gasteiger charge is 2.27. The molecule has 1 aromatic heterocycles. The van der Waals surface area contributed by atoms with Gasteiger partial charge in [0.1, 0.15) is 4.88 Å². The number of halogens is 1. The fraction of sp³-hybridized carbons (Fsp3) is 0.480. The van der Waals surface area contributed by atoms with E-state index in [1.807, 2.05) is 13.8 Å². The Morgan fingerprint density at radius 3 is 2.55 bits per heavy atom. The molecule has 1 aliphatic carbocycles. The first-order valence-electron chi connectivity index (χ1n) is 11.1. The van der Waals surface area contributed by atoms with Crippen LogP contribution < -0.4 is 0 Å². The average Bonchev–Trinajstić information content (AvgIpc) is 3.12. The van der Waals surface area contributed by atoms with Crippen molar-refractivity contribution in [2.45, 2.75) is 39.5 Å². The molecule has 31 heavy (non-hydrogen) atoms. The Kier molecular flexibility index (Phi) is 8.73. The lowest BCUT2D eigenvalue weighted by molar-refractivity contribution is 0.0532. The predicted octanol–water partition coefficient (Wildman–Crippen LogP) is 5.38. The molecule has 168 valence electrons. The number of hydrogen-bond acceptors (Lipinski definition) is 5. The SMILES string of the molecule is CCOCCN1CCC(=C2c3ccccc3CCc3sc(C(=O)OCC)cc32)CC1.Cl. The molecule has 1 fully saturated rings. The van der Waals surface area contributed by atoms with Crippen molar-refractivity contribution < 1.29 is 14.3 Å². The molecule has 0 unspecified atom stereocenters. The molecule has 4 nitrogen and oxygen atoms in total. The summed E-state index contributed by atoms with van der Waals surface area (Å²) in [4.78, 5) is 16.9. The highest BCUT2D eigenvalue weighted by molar-refractivity contribution is 7.14. The van der Waals surface area contributed by atoms with Crippen LogP contribution in [0.4, 0.5) is 0 Å². The molecule has 1 aromatic carbocycles. The number of ether oxygens (including phenoxy) is 2. The highest BCUT2D eigenvalue weighted by Crippen LogP contribution is 2.41. The van der Waals surface area contributed by atoms with Gasteiger partial charge >= 0.3 is 5.97 Å². The molecule has 2 heterocycles. The number of carbonyl (C=O) groups is 1. The molecule has 0 bridgehead atoms. The van der Waals surface area contributed by atoms with Crippen molar-refractivity contribution in [3.63, 3.8) is 0 Å². The second-order valence-corrected chi connectivity index (χ2v) is 8.98. The van der Waals surface area contributed by atoms with Crippen LogP contribution in [-0.2, 0) is 22.3 Å². The summed E-state index contributed by atoms with van der Waals surface area (Å²) in [6.07, 6.45) is 4.14. The summed E-state index contributed by atoms with van der Waals surface area (Å²) in [5, 5.41) is 0. The molecule has 4 rings (SSSR count). The van der Waals surface area contributed by atoms with E-state index >= 15 is 0 Å². The highest BCUT2D eigenvalue weighted by atomic mass is 35.5. The average molecular weight is 462 g/mol.